The van der Waals surface area contributed by atoms with Crippen LogP contribution in [0.15, 0.2) is 18.5 Å². The Kier molecular flexibility index (Phi) is 2.70. The lowest BCUT2D eigenvalue weighted by molar-refractivity contribution is 0.367. The molecule has 0 aliphatic rings. The van der Waals surface area contributed by atoms with Crippen LogP contribution in [0.25, 0.3) is 0 Å². The van der Waals surface area contributed by atoms with Crippen molar-refractivity contribution in [2.24, 2.45) is 0 Å². The molecule has 1 aromatic heterocycles. The highest BCUT2D eigenvalue weighted by atomic mass is 16.5. The molecule has 1 aromatic rings. The fraction of sp³-hybridized carbons (Fsp3) is 0.111. The van der Waals surface area contributed by atoms with Gasteiger partial charge in [0, 0.05) is 6.20 Å². The van der Waals surface area contributed by atoms with E-state index in [9.17, 15) is 0 Å². The third kappa shape index (κ3) is 1.74. The van der Waals surface area contributed by atoms with Crippen LogP contribution in [0.3, 0.4) is 0 Å². The van der Waals surface area contributed by atoms with E-state index in [4.69, 9.17) is 16.4 Å². The van der Waals surface area contributed by atoms with Gasteiger partial charge in [-0.15, -0.1) is 6.42 Å². The molecule has 0 unspecified atom stereocenters. The second-order valence-corrected chi connectivity index (χ2v) is 1.98. The zero-order valence-electron chi connectivity index (χ0n) is 6.32. The van der Waals surface area contributed by atoms with Crippen LogP contribution in [0.5, 0.6) is 5.75 Å². The highest BCUT2D eigenvalue weighted by Gasteiger charge is 1.99. The summed E-state index contributed by atoms with van der Waals surface area (Å²) in [6.45, 7) is 0.153. The van der Waals surface area contributed by atoms with Crippen molar-refractivity contribution in [2.45, 2.75) is 0 Å². The summed E-state index contributed by atoms with van der Waals surface area (Å²) in [4.78, 5) is 3.80. The van der Waals surface area contributed by atoms with Crippen LogP contribution in [-0.2, 0) is 0 Å². The monoisotopic (exact) mass is 158 g/mol. The summed E-state index contributed by atoms with van der Waals surface area (Å²) in [5.74, 6) is 2.74. The first-order valence-corrected chi connectivity index (χ1v) is 3.29. The predicted molar refractivity (Wildman–Crippen MR) is 43.3 cm³/mol. The zero-order chi connectivity index (χ0) is 8.81. The van der Waals surface area contributed by atoms with Gasteiger partial charge in [-0.3, -0.25) is 4.98 Å². The molecular weight excluding hydrogens is 152 g/mol. The Morgan fingerprint density at radius 1 is 1.67 bits per heavy atom. The van der Waals surface area contributed by atoms with Crippen molar-refractivity contribution in [1.29, 1.82) is 5.26 Å². The van der Waals surface area contributed by atoms with Gasteiger partial charge in [0.2, 0.25) is 0 Å². The van der Waals surface area contributed by atoms with E-state index >= 15 is 0 Å². The molecule has 0 fully saturated rings. The molecule has 0 N–H and O–H groups in total. The first-order valence-electron chi connectivity index (χ1n) is 3.29. The number of nitrogens with zero attached hydrogens (tertiary/aromatic N) is 2. The van der Waals surface area contributed by atoms with Crippen molar-refractivity contribution in [3.63, 3.8) is 0 Å². The minimum Gasteiger partial charge on any atom is -0.478 e. The predicted octanol–water partition coefficient (Wildman–Crippen LogP) is 0.965. The van der Waals surface area contributed by atoms with Crippen LogP contribution >= 0.6 is 0 Å². The van der Waals surface area contributed by atoms with E-state index in [1.165, 1.54) is 12.4 Å². The maximum atomic E-state index is 8.61. The van der Waals surface area contributed by atoms with Gasteiger partial charge < -0.3 is 4.74 Å². The molecule has 58 valence electrons. The second-order valence-electron chi connectivity index (χ2n) is 1.98. The van der Waals surface area contributed by atoms with E-state index < -0.39 is 0 Å². The van der Waals surface area contributed by atoms with E-state index in [-0.39, 0.29) is 6.61 Å². The first kappa shape index (κ1) is 8.10. The molecule has 3 heteroatoms. The number of hydrogen-bond donors (Lipinski definition) is 0. The standard InChI is InChI=1S/C9H6N2O/c1-2-5-12-9-7-11-4-3-8(9)6-10/h1,3-4,7H,5H2. The largest absolute Gasteiger partial charge is 0.478 e. The van der Waals surface area contributed by atoms with Crippen molar-refractivity contribution in [2.75, 3.05) is 6.61 Å². The number of rotatable bonds is 2. The van der Waals surface area contributed by atoms with Crippen LogP contribution in [0.2, 0.25) is 0 Å². The van der Waals surface area contributed by atoms with E-state index in [2.05, 4.69) is 10.9 Å². The summed E-state index contributed by atoms with van der Waals surface area (Å²) < 4.78 is 5.06. The lowest BCUT2D eigenvalue weighted by Gasteiger charge is -2.01. The van der Waals surface area contributed by atoms with Crippen LogP contribution in [0.1, 0.15) is 5.56 Å². The van der Waals surface area contributed by atoms with Crippen molar-refractivity contribution in [1.82, 2.24) is 4.98 Å². The maximum absolute atomic E-state index is 8.61. The van der Waals surface area contributed by atoms with Crippen molar-refractivity contribution in [3.8, 4) is 24.2 Å². The van der Waals surface area contributed by atoms with E-state index in [0.29, 0.717) is 11.3 Å². The molecule has 0 aliphatic carbocycles. The number of pyridine rings is 1. The number of hydrogen-bond acceptors (Lipinski definition) is 3. The van der Waals surface area contributed by atoms with Gasteiger partial charge in [-0.2, -0.15) is 5.26 Å². The van der Waals surface area contributed by atoms with Gasteiger partial charge in [-0.1, -0.05) is 5.92 Å². The van der Waals surface area contributed by atoms with Gasteiger partial charge in [0.1, 0.15) is 12.7 Å². The molecular formula is C9H6N2O. The van der Waals surface area contributed by atoms with Crippen LogP contribution in [-0.4, -0.2) is 11.6 Å². The van der Waals surface area contributed by atoms with Crippen LogP contribution in [0, 0.1) is 23.7 Å². The number of ether oxygens (including phenoxy) is 1. The van der Waals surface area contributed by atoms with Gasteiger partial charge in [0.15, 0.2) is 5.75 Å². The molecule has 3 nitrogen and oxygen atoms in total. The first-order chi connectivity index (χ1) is 5.88. The topological polar surface area (TPSA) is 45.9 Å². The molecule has 0 spiro atoms. The van der Waals surface area contributed by atoms with Crippen LogP contribution < -0.4 is 4.74 Å². The smallest absolute Gasteiger partial charge is 0.156 e. The van der Waals surface area contributed by atoms with E-state index in [1.807, 2.05) is 6.07 Å². The molecule has 0 saturated heterocycles. The summed E-state index contributed by atoms with van der Waals surface area (Å²) in [5.41, 5.74) is 0.445. The van der Waals surface area contributed by atoms with Crippen molar-refractivity contribution in [3.05, 3.63) is 24.0 Å². The minimum absolute atomic E-state index is 0.153. The Hall–Kier alpha value is -2.00. The summed E-state index contributed by atoms with van der Waals surface area (Å²) in [7, 11) is 0. The lowest BCUT2D eigenvalue weighted by Crippen LogP contribution is -1.96. The van der Waals surface area contributed by atoms with E-state index in [1.54, 1.807) is 6.07 Å². The molecule has 0 atom stereocenters. The summed E-state index contributed by atoms with van der Waals surface area (Å²) in [6.07, 6.45) is 7.99. The third-order valence-corrected chi connectivity index (χ3v) is 1.22. The molecule has 12 heavy (non-hydrogen) atoms. The Labute approximate surface area is 70.6 Å². The highest BCUT2D eigenvalue weighted by Crippen LogP contribution is 2.13. The highest BCUT2D eigenvalue weighted by molar-refractivity contribution is 5.40. The van der Waals surface area contributed by atoms with Gasteiger partial charge in [0.05, 0.1) is 11.8 Å². The van der Waals surface area contributed by atoms with Gasteiger partial charge in [0.25, 0.3) is 0 Å². The second kappa shape index (κ2) is 4.00. The number of aromatic nitrogens is 1. The molecule has 0 saturated carbocycles. The van der Waals surface area contributed by atoms with Crippen LogP contribution in [0.4, 0.5) is 0 Å². The molecule has 0 aromatic carbocycles. The molecule has 0 bridgehead atoms. The molecule has 1 heterocycles. The van der Waals surface area contributed by atoms with Crippen molar-refractivity contribution < 1.29 is 4.74 Å². The minimum atomic E-state index is 0.153. The Bertz CT molecular complexity index is 346. The third-order valence-electron chi connectivity index (χ3n) is 1.22. The SMILES string of the molecule is C#CCOc1cnccc1C#N. The Morgan fingerprint density at radius 3 is 3.17 bits per heavy atom. The average molecular weight is 158 g/mol. The number of nitriles is 1. The molecule has 0 amide bonds. The molecule has 0 radical (unpaired) electrons. The average Bonchev–Trinajstić information content (AvgIpc) is 2.15. The quantitative estimate of drug-likeness (QED) is 0.602. The zero-order valence-corrected chi connectivity index (χ0v) is 6.32. The Balaban J connectivity index is 2.86. The summed E-state index contributed by atoms with van der Waals surface area (Å²) in [6, 6.07) is 3.55. The van der Waals surface area contributed by atoms with Gasteiger partial charge in [-0.05, 0) is 6.07 Å². The van der Waals surface area contributed by atoms with Crippen molar-refractivity contribution >= 4 is 0 Å². The number of terminal acetylenes is 1. The molecule has 1 rings (SSSR count). The molecule has 0 aliphatic heterocycles. The van der Waals surface area contributed by atoms with Gasteiger partial charge in [-0.25, -0.2) is 0 Å². The Morgan fingerprint density at radius 2 is 2.50 bits per heavy atom. The summed E-state index contributed by atoms with van der Waals surface area (Å²) >= 11 is 0. The maximum Gasteiger partial charge on any atom is 0.156 e. The fourth-order valence-corrected chi connectivity index (χ4v) is 0.707. The fourth-order valence-electron chi connectivity index (χ4n) is 0.707. The summed E-state index contributed by atoms with van der Waals surface area (Å²) in [5, 5.41) is 8.61. The lowest BCUT2D eigenvalue weighted by atomic mass is 10.3. The van der Waals surface area contributed by atoms with E-state index in [0.717, 1.165) is 0 Å². The van der Waals surface area contributed by atoms with Gasteiger partial charge >= 0.3 is 0 Å². The normalized spacial score (nSPS) is 8.17.